The maximum Gasteiger partial charge on any atom is 0.350 e. The Hall–Kier alpha value is -0.230. The molecular formula is C15H29F2IN4O2S. The Morgan fingerprint density at radius 3 is 2.20 bits per heavy atom. The molecule has 2 aliphatic rings. The molecule has 1 N–H and O–H groups in total. The molecule has 0 aromatic rings. The summed E-state index contributed by atoms with van der Waals surface area (Å²) in [5.41, 5.74) is 0. The van der Waals surface area contributed by atoms with Crippen LogP contribution in [-0.4, -0.2) is 69.1 Å². The van der Waals surface area contributed by atoms with Crippen molar-refractivity contribution >= 4 is 40.0 Å². The van der Waals surface area contributed by atoms with Crippen LogP contribution in [0.3, 0.4) is 0 Å². The third-order valence-electron chi connectivity index (χ3n) is 5.00. The highest BCUT2D eigenvalue weighted by Crippen LogP contribution is 2.22. The van der Waals surface area contributed by atoms with Crippen molar-refractivity contribution in [3.63, 3.8) is 0 Å². The van der Waals surface area contributed by atoms with Crippen molar-refractivity contribution in [3.8, 4) is 0 Å². The largest absolute Gasteiger partial charge is 0.356 e. The lowest BCUT2D eigenvalue weighted by Crippen LogP contribution is -2.48. The summed E-state index contributed by atoms with van der Waals surface area (Å²) in [6.07, 6.45) is 3.50. The minimum atomic E-state index is -4.43. The lowest BCUT2D eigenvalue weighted by Gasteiger charge is -2.35. The summed E-state index contributed by atoms with van der Waals surface area (Å²) in [5, 5.41) is 3.36. The van der Waals surface area contributed by atoms with Crippen molar-refractivity contribution in [2.24, 2.45) is 16.8 Å². The molecule has 2 aliphatic heterocycles. The number of rotatable bonds is 4. The third kappa shape index (κ3) is 6.16. The Balaban J connectivity index is 0.00000312. The van der Waals surface area contributed by atoms with Crippen LogP contribution in [0.5, 0.6) is 0 Å². The summed E-state index contributed by atoms with van der Waals surface area (Å²) >= 11 is 0. The summed E-state index contributed by atoms with van der Waals surface area (Å²) in [5.74, 6) is -1.42. The van der Waals surface area contributed by atoms with Gasteiger partial charge >= 0.3 is 5.76 Å². The standard InChI is InChI=1S/C15H28F2N4O2S.HI/c1-12-3-7-20(8-4-12)15(18-2)19-11-13-5-9-21(10-6-13)24(22,23)14(16)17;/h12-14H,3-11H2,1-2H3,(H,18,19);1H. The Labute approximate surface area is 166 Å². The second-order valence-corrected chi connectivity index (χ2v) is 8.65. The minimum absolute atomic E-state index is 0. The van der Waals surface area contributed by atoms with E-state index in [1.165, 1.54) is 0 Å². The molecule has 0 saturated carbocycles. The van der Waals surface area contributed by atoms with Crippen LogP contribution in [0.15, 0.2) is 4.99 Å². The van der Waals surface area contributed by atoms with Crippen LogP contribution in [0.1, 0.15) is 32.6 Å². The van der Waals surface area contributed by atoms with Gasteiger partial charge in [0.2, 0.25) is 0 Å². The Kier molecular flexibility index (Phi) is 9.30. The number of nitrogens with one attached hydrogen (secondary N) is 1. The first-order valence-corrected chi connectivity index (χ1v) is 10.1. The second-order valence-electron chi connectivity index (χ2n) is 6.75. The molecule has 6 nitrogen and oxygen atoms in total. The van der Waals surface area contributed by atoms with Gasteiger partial charge in [0.15, 0.2) is 5.96 Å². The predicted octanol–water partition coefficient (Wildman–Crippen LogP) is 2.18. The van der Waals surface area contributed by atoms with Gasteiger partial charge in [-0.05, 0) is 37.5 Å². The van der Waals surface area contributed by atoms with Crippen molar-refractivity contribution in [2.45, 2.75) is 38.4 Å². The van der Waals surface area contributed by atoms with Gasteiger partial charge in [-0.25, -0.2) is 8.42 Å². The highest BCUT2D eigenvalue weighted by molar-refractivity contribution is 14.0. The number of hydrogen-bond donors (Lipinski definition) is 1. The van der Waals surface area contributed by atoms with Crippen LogP contribution in [-0.2, 0) is 10.0 Å². The first kappa shape index (κ1) is 22.8. The molecule has 0 atom stereocenters. The number of hydrogen-bond acceptors (Lipinski definition) is 3. The first-order chi connectivity index (χ1) is 11.3. The molecule has 2 fully saturated rings. The van der Waals surface area contributed by atoms with Gasteiger partial charge in [-0.3, -0.25) is 4.99 Å². The molecule has 0 spiro atoms. The molecule has 25 heavy (non-hydrogen) atoms. The Bertz CT molecular complexity index is 532. The third-order valence-corrected chi connectivity index (χ3v) is 6.54. The van der Waals surface area contributed by atoms with E-state index in [-0.39, 0.29) is 43.0 Å². The highest BCUT2D eigenvalue weighted by atomic mass is 127. The zero-order valence-corrected chi connectivity index (χ0v) is 18.0. The number of alkyl halides is 2. The first-order valence-electron chi connectivity index (χ1n) is 8.57. The SMILES string of the molecule is CN=C(NCC1CCN(S(=O)(=O)C(F)F)CC1)N1CCC(C)CC1.I. The molecule has 0 amide bonds. The average Bonchev–Trinajstić information content (AvgIpc) is 2.57. The van der Waals surface area contributed by atoms with Gasteiger partial charge < -0.3 is 10.2 Å². The van der Waals surface area contributed by atoms with Gasteiger partial charge in [-0.15, -0.1) is 24.0 Å². The van der Waals surface area contributed by atoms with Crippen LogP contribution in [0.25, 0.3) is 0 Å². The topological polar surface area (TPSA) is 65.0 Å². The number of piperidine rings is 2. The molecule has 10 heteroatoms. The van der Waals surface area contributed by atoms with Crippen LogP contribution < -0.4 is 5.32 Å². The fourth-order valence-corrected chi connectivity index (χ4v) is 4.21. The van der Waals surface area contributed by atoms with Gasteiger partial charge in [-0.2, -0.15) is 13.1 Å². The van der Waals surface area contributed by atoms with Crippen molar-refractivity contribution in [3.05, 3.63) is 0 Å². The monoisotopic (exact) mass is 494 g/mol. The highest BCUT2D eigenvalue weighted by Gasteiger charge is 2.34. The van der Waals surface area contributed by atoms with E-state index in [2.05, 4.69) is 22.1 Å². The van der Waals surface area contributed by atoms with E-state index in [4.69, 9.17) is 0 Å². The summed E-state index contributed by atoms with van der Waals surface area (Å²) < 4.78 is 49.0. The zero-order valence-electron chi connectivity index (χ0n) is 14.8. The number of aliphatic imine (C=N–C) groups is 1. The fraction of sp³-hybridized carbons (Fsp3) is 0.933. The van der Waals surface area contributed by atoms with E-state index in [0.29, 0.717) is 19.4 Å². The van der Waals surface area contributed by atoms with Gasteiger partial charge in [0.05, 0.1) is 0 Å². The molecule has 148 valence electrons. The maximum absolute atomic E-state index is 12.6. The van der Waals surface area contributed by atoms with E-state index in [1.54, 1.807) is 7.05 Å². The number of nitrogens with zero attached hydrogens (tertiary/aromatic N) is 3. The number of sulfonamides is 1. The van der Waals surface area contributed by atoms with Gasteiger partial charge in [0.1, 0.15) is 0 Å². The van der Waals surface area contributed by atoms with Crippen LogP contribution in [0.2, 0.25) is 0 Å². The van der Waals surface area contributed by atoms with E-state index < -0.39 is 15.8 Å². The van der Waals surface area contributed by atoms with Gasteiger partial charge in [0, 0.05) is 39.8 Å². The molecule has 0 radical (unpaired) electrons. The van der Waals surface area contributed by atoms with Crippen LogP contribution in [0.4, 0.5) is 8.78 Å². The predicted molar refractivity (Wildman–Crippen MR) is 106 cm³/mol. The lowest BCUT2D eigenvalue weighted by atomic mass is 9.98. The maximum atomic E-state index is 12.6. The molecule has 0 unspecified atom stereocenters. The normalized spacial score (nSPS) is 22.1. The van der Waals surface area contributed by atoms with Crippen molar-refractivity contribution in [1.29, 1.82) is 0 Å². The molecule has 0 aliphatic carbocycles. The molecule has 0 aromatic heterocycles. The summed E-state index contributed by atoms with van der Waals surface area (Å²) in [6, 6.07) is 0. The number of halogens is 3. The summed E-state index contributed by atoms with van der Waals surface area (Å²) in [7, 11) is -2.67. The lowest BCUT2D eigenvalue weighted by molar-refractivity contribution is 0.203. The molecule has 0 bridgehead atoms. The van der Waals surface area contributed by atoms with Crippen LogP contribution >= 0.6 is 24.0 Å². The number of guanidine groups is 1. The fourth-order valence-electron chi connectivity index (χ4n) is 3.27. The smallest absolute Gasteiger partial charge is 0.350 e. The molecule has 2 saturated heterocycles. The molecule has 0 aromatic carbocycles. The van der Waals surface area contributed by atoms with Crippen molar-refractivity contribution in [1.82, 2.24) is 14.5 Å². The summed E-state index contributed by atoms with van der Waals surface area (Å²) in [4.78, 5) is 6.57. The van der Waals surface area contributed by atoms with Gasteiger partial charge in [-0.1, -0.05) is 6.92 Å². The average molecular weight is 494 g/mol. The molecule has 2 heterocycles. The number of likely N-dealkylation sites (tertiary alicyclic amines) is 1. The molecular weight excluding hydrogens is 465 g/mol. The van der Waals surface area contributed by atoms with E-state index in [0.717, 1.165) is 42.1 Å². The Morgan fingerprint density at radius 2 is 1.72 bits per heavy atom. The quantitative estimate of drug-likeness (QED) is 0.370. The summed E-state index contributed by atoms with van der Waals surface area (Å²) in [6.45, 7) is 5.27. The second kappa shape index (κ2) is 10.2. The van der Waals surface area contributed by atoms with E-state index in [1.807, 2.05) is 0 Å². The minimum Gasteiger partial charge on any atom is -0.356 e. The van der Waals surface area contributed by atoms with E-state index >= 15 is 0 Å². The van der Waals surface area contributed by atoms with Crippen LogP contribution in [0, 0.1) is 11.8 Å². The van der Waals surface area contributed by atoms with Gasteiger partial charge in [0.25, 0.3) is 10.0 Å². The Morgan fingerprint density at radius 1 is 1.16 bits per heavy atom. The van der Waals surface area contributed by atoms with Crippen molar-refractivity contribution < 1.29 is 17.2 Å². The zero-order chi connectivity index (χ0) is 17.7. The van der Waals surface area contributed by atoms with E-state index in [9.17, 15) is 17.2 Å². The van der Waals surface area contributed by atoms with Crippen molar-refractivity contribution in [2.75, 3.05) is 39.8 Å². The molecule has 2 rings (SSSR count).